The van der Waals surface area contributed by atoms with Gasteiger partial charge in [-0.3, -0.25) is 0 Å². The van der Waals surface area contributed by atoms with Gasteiger partial charge in [0.2, 0.25) is 0 Å². The predicted molar refractivity (Wildman–Crippen MR) is 148 cm³/mol. The van der Waals surface area contributed by atoms with Crippen molar-refractivity contribution in [2.75, 3.05) is 6.61 Å². The van der Waals surface area contributed by atoms with Crippen LogP contribution < -0.4 is 5.32 Å². The van der Waals surface area contributed by atoms with E-state index in [9.17, 15) is 15.3 Å². The van der Waals surface area contributed by atoms with Crippen LogP contribution in [-0.2, 0) is 13.0 Å². The van der Waals surface area contributed by atoms with E-state index in [1.807, 2.05) is 79.7 Å². The van der Waals surface area contributed by atoms with E-state index in [1.54, 1.807) is 0 Å². The first kappa shape index (κ1) is 27.0. The number of aliphatic hydroxyl groups is 1. The molecule has 0 aliphatic rings. The van der Waals surface area contributed by atoms with Crippen LogP contribution in [-0.4, -0.2) is 17.8 Å². The first-order valence-corrected chi connectivity index (χ1v) is 12.3. The molecule has 2 N–H and O–H groups in total. The fourth-order valence-corrected chi connectivity index (χ4v) is 4.39. The van der Waals surface area contributed by atoms with E-state index in [2.05, 4.69) is 23.1 Å². The van der Waals surface area contributed by atoms with E-state index in [0.29, 0.717) is 36.4 Å². The third-order valence-electron chi connectivity index (χ3n) is 6.11. The highest BCUT2D eigenvalue weighted by Gasteiger charge is 2.14. The molecule has 184 valence electrons. The van der Waals surface area contributed by atoms with Crippen LogP contribution in [0.1, 0.15) is 47.6 Å². The molecule has 0 radical (unpaired) electrons. The number of aryl methyl sites for hydroxylation is 1. The second kappa shape index (κ2) is 13.5. The third kappa shape index (κ3) is 6.77. The second-order valence-corrected chi connectivity index (χ2v) is 8.88. The minimum absolute atomic E-state index is 0.0849. The molecule has 5 nitrogen and oxygen atoms in total. The van der Waals surface area contributed by atoms with Crippen molar-refractivity contribution in [2.45, 2.75) is 38.8 Å². The zero-order valence-corrected chi connectivity index (χ0v) is 21.1. The largest absolute Gasteiger partial charge is 0.396 e. The molecule has 0 bridgehead atoms. The van der Waals surface area contributed by atoms with Gasteiger partial charge in [0.25, 0.3) is 0 Å². The zero-order valence-electron chi connectivity index (χ0n) is 20.4. The summed E-state index contributed by atoms with van der Waals surface area (Å²) in [6.45, 7) is 6.24. The van der Waals surface area contributed by atoms with Crippen molar-refractivity contribution < 1.29 is 5.11 Å². The molecule has 0 spiro atoms. The summed E-state index contributed by atoms with van der Waals surface area (Å²) in [4.78, 5) is 11.0. The highest BCUT2D eigenvalue weighted by atomic mass is 35.5. The van der Waals surface area contributed by atoms with Gasteiger partial charge in [0.05, 0.1) is 17.3 Å². The van der Waals surface area contributed by atoms with Crippen LogP contribution in [0.5, 0.6) is 0 Å². The summed E-state index contributed by atoms with van der Waals surface area (Å²) >= 11 is 6.57. The van der Waals surface area contributed by atoms with Gasteiger partial charge in [-0.25, -0.2) is 0 Å². The molecule has 36 heavy (non-hydrogen) atoms. The zero-order chi connectivity index (χ0) is 25.9. The van der Waals surface area contributed by atoms with Crippen molar-refractivity contribution in [1.29, 1.82) is 5.26 Å². The van der Waals surface area contributed by atoms with Gasteiger partial charge >= 0.3 is 0 Å². The first-order chi connectivity index (χ1) is 17.5. The van der Waals surface area contributed by atoms with E-state index in [0.717, 1.165) is 33.4 Å². The lowest BCUT2D eigenvalue weighted by Gasteiger charge is -2.17. The van der Waals surface area contributed by atoms with E-state index < -0.39 is 0 Å². The molecule has 0 heterocycles. The molecule has 3 aromatic carbocycles. The Labute approximate surface area is 217 Å². The third-order valence-corrected chi connectivity index (χ3v) is 6.47. The van der Waals surface area contributed by atoms with Crippen molar-refractivity contribution >= 4 is 23.8 Å². The minimum atomic E-state index is -0.236. The maximum atomic E-state index is 11.0. The average molecular weight is 500 g/mol. The van der Waals surface area contributed by atoms with Crippen molar-refractivity contribution in [2.24, 2.45) is 5.18 Å². The molecule has 6 heteroatoms. The molecule has 0 aliphatic heterocycles. The van der Waals surface area contributed by atoms with Gasteiger partial charge in [0, 0.05) is 23.7 Å². The number of nitroso groups, excluding NO2 is 1. The second-order valence-electron chi connectivity index (χ2n) is 8.47. The molecule has 1 unspecified atom stereocenters. The number of aliphatic hydroxyl groups excluding tert-OH is 1. The lowest BCUT2D eigenvalue weighted by molar-refractivity contribution is 0.288. The molecule has 0 fully saturated rings. The lowest BCUT2D eigenvalue weighted by atomic mass is 9.95. The number of halogens is 1. The molecule has 1 atom stereocenters. The van der Waals surface area contributed by atoms with E-state index >= 15 is 0 Å². The summed E-state index contributed by atoms with van der Waals surface area (Å²) in [6, 6.07) is 21.7. The number of hydrogen-bond donors (Lipinski definition) is 2. The van der Waals surface area contributed by atoms with Gasteiger partial charge < -0.3 is 10.4 Å². The Hall–Kier alpha value is -3.56. The van der Waals surface area contributed by atoms with Crippen molar-refractivity contribution in [3.63, 3.8) is 0 Å². The quantitative estimate of drug-likeness (QED) is 0.205. The normalized spacial score (nSPS) is 11.8. The number of nitrogens with one attached hydrogen (secondary N) is 1. The lowest BCUT2D eigenvalue weighted by Crippen LogP contribution is -2.29. The number of nitriles is 1. The Morgan fingerprint density at radius 3 is 2.56 bits per heavy atom. The van der Waals surface area contributed by atoms with Crippen molar-refractivity contribution in [3.8, 4) is 17.2 Å². The van der Waals surface area contributed by atoms with Crippen LogP contribution >= 0.6 is 11.6 Å². The Kier molecular flexibility index (Phi) is 10.1. The summed E-state index contributed by atoms with van der Waals surface area (Å²) in [5.74, 6) is 0. The van der Waals surface area contributed by atoms with Crippen molar-refractivity contribution in [3.05, 3.63) is 111 Å². The molecular weight excluding hydrogens is 470 g/mol. The Bertz CT molecular complexity index is 1280. The monoisotopic (exact) mass is 499 g/mol. The highest BCUT2D eigenvalue weighted by Crippen LogP contribution is 2.29. The highest BCUT2D eigenvalue weighted by molar-refractivity contribution is 6.31. The average Bonchev–Trinajstić information content (AvgIpc) is 2.92. The molecule has 0 aromatic heterocycles. The fourth-order valence-electron chi connectivity index (χ4n) is 4.11. The summed E-state index contributed by atoms with van der Waals surface area (Å²) < 4.78 is 0. The smallest absolute Gasteiger partial charge is 0.100 e. The number of nitrogens with zero attached hydrogens (tertiary/aromatic N) is 2. The summed E-state index contributed by atoms with van der Waals surface area (Å²) in [7, 11) is 0. The van der Waals surface area contributed by atoms with E-state index in [1.165, 1.54) is 0 Å². The van der Waals surface area contributed by atoms with Crippen LogP contribution in [0.15, 0.2) is 78.1 Å². The van der Waals surface area contributed by atoms with Gasteiger partial charge in [-0.1, -0.05) is 85.8 Å². The molecule has 0 amide bonds. The standard InChI is InChI=1S/C30H30ClN3O2/c1-3-30(21(2)34-36)33-20-26-18-29(31)25(12-8-16-35)17-24(26)15-14-23-11-7-13-27(28(23)19-32)22-9-5-4-6-10-22/h4-7,9-11,13-15,17-18,30,33,35H,2-3,8,12,16,20H2,1H3/b15-14+. The number of benzene rings is 3. The Balaban J connectivity index is 2.00. The molecule has 0 saturated heterocycles. The van der Waals surface area contributed by atoms with Gasteiger partial charge in [0.1, 0.15) is 6.07 Å². The van der Waals surface area contributed by atoms with Gasteiger partial charge in [0.15, 0.2) is 0 Å². The fraction of sp³-hybridized carbons (Fsp3) is 0.233. The Morgan fingerprint density at radius 2 is 1.89 bits per heavy atom. The number of rotatable bonds is 12. The molecule has 3 aromatic rings. The van der Waals surface area contributed by atoms with Crippen LogP contribution in [0, 0.1) is 16.2 Å². The topological polar surface area (TPSA) is 85.5 Å². The SMILES string of the molecule is C=C(N=O)C(CC)NCc1cc(Cl)c(CCCO)cc1/C=C/c1cccc(-c2ccccc2)c1C#N. The maximum absolute atomic E-state index is 11.0. The summed E-state index contributed by atoms with van der Waals surface area (Å²) in [5, 5.41) is 26.2. The molecule has 0 aliphatic carbocycles. The summed E-state index contributed by atoms with van der Waals surface area (Å²) in [5.41, 5.74) is 6.37. The molecular formula is C30H30ClN3O2. The minimum Gasteiger partial charge on any atom is -0.396 e. The van der Waals surface area contributed by atoms with Crippen LogP contribution in [0.4, 0.5) is 0 Å². The van der Waals surface area contributed by atoms with Gasteiger partial charge in [-0.2, -0.15) is 5.26 Å². The van der Waals surface area contributed by atoms with Gasteiger partial charge in [-0.15, -0.1) is 4.91 Å². The number of hydrogen-bond acceptors (Lipinski definition) is 5. The molecule has 0 saturated carbocycles. The first-order valence-electron chi connectivity index (χ1n) is 12.0. The maximum Gasteiger partial charge on any atom is 0.100 e. The van der Waals surface area contributed by atoms with Crippen LogP contribution in [0.2, 0.25) is 5.02 Å². The van der Waals surface area contributed by atoms with Crippen LogP contribution in [0.3, 0.4) is 0 Å². The molecule has 3 rings (SSSR count). The van der Waals surface area contributed by atoms with E-state index in [4.69, 9.17) is 11.6 Å². The van der Waals surface area contributed by atoms with Crippen LogP contribution in [0.25, 0.3) is 23.3 Å². The predicted octanol–water partition coefficient (Wildman–Crippen LogP) is 7.12. The van der Waals surface area contributed by atoms with Gasteiger partial charge in [-0.05, 0) is 64.4 Å². The summed E-state index contributed by atoms with van der Waals surface area (Å²) in [6.07, 6.45) is 5.86. The Morgan fingerprint density at radius 1 is 1.14 bits per heavy atom. The van der Waals surface area contributed by atoms with Crippen molar-refractivity contribution in [1.82, 2.24) is 5.32 Å². The van der Waals surface area contributed by atoms with E-state index in [-0.39, 0.29) is 18.3 Å².